The Balaban J connectivity index is 1.65. The third-order valence-corrected chi connectivity index (χ3v) is 4.71. The van der Waals surface area contributed by atoms with Gasteiger partial charge < -0.3 is 0 Å². The number of hydrogen-bond donors (Lipinski definition) is 0. The van der Waals surface area contributed by atoms with Crippen LogP contribution in [0.1, 0.15) is 20.7 Å². The lowest BCUT2D eigenvalue weighted by atomic mass is 9.93. The van der Waals surface area contributed by atoms with Gasteiger partial charge in [0.05, 0.1) is 0 Å². The third kappa shape index (κ3) is 3.53. The van der Waals surface area contributed by atoms with Crippen LogP contribution < -0.4 is 0 Å². The number of benzene rings is 4. The molecule has 0 saturated heterocycles. The van der Waals surface area contributed by atoms with Crippen LogP contribution in [0.5, 0.6) is 0 Å². The highest BCUT2D eigenvalue weighted by Crippen LogP contribution is 2.32. The molecule has 0 spiro atoms. The molecular formula is C26H18O2. The molecular weight excluding hydrogens is 344 g/mol. The Bertz CT molecular complexity index is 1110. The molecule has 0 aliphatic carbocycles. The fourth-order valence-corrected chi connectivity index (χ4v) is 3.26. The van der Waals surface area contributed by atoms with Gasteiger partial charge in [-0.05, 0) is 22.3 Å². The van der Waals surface area contributed by atoms with Gasteiger partial charge in [0, 0.05) is 11.1 Å². The molecule has 0 N–H and O–H groups in total. The molecule has 0 aromatic heterocycles. The molecule has 0 saturated carbocycles. The Kier molecular flexibility index (Phi) is 4.94. The third-order valence-electron chi connectivity index (χ3n) is 4.71. The van der Waals surface area contributed by atoms with Crippen LogP contribution in [-0.2, 0) is 0 Å². The minimum Gasteiger partial charge on any atom is -0.285 e. The summed E-state index contributed by atoms with van der Waals surface area (Å²) < 4.78 is 0. The fraction of sp³-hybridized carbons (Fsp3) is 0. The molecule has 2 heteroatoms. The second kappa shape index (κ2) is 7.85. The summed E-state index contributed by atoms with van der Waals surface area (Å²) in [5.74, 6) is -0.980. The van der Waals surface area contributed by atoms with E-state index in [2.05, 4.69) is 24.3 Å². The van der Waals surface area contributed by atoms with E-state index < -0.39 is 11.6 Å². The summed E-state index contributed by atoms with van der Waals surface area (Å²) >= 11 is 0. The van der Waals surface area contributed by atoms with Gasteiger partial charge in [-0.3, -0.25) is 9.59 Å². The molecule has 4 rings (SSSR count). The van der Waals surface area contributed by atoms with Crippen LogP contribution in [0.4, 0.5) is 0 Å². The van der Waals surface area contributed by atoms with Crippen LogP contribution in [0.2, 0.25) is 0 Å². The molecule has 0 atom stereocenters. The molecule has 0 unspecified atom stereocenters. The summed E-state index contributed by atoms with van der Waals surface area (Å²) in [4.78, 5) is 24.9. The summed E-state index contributed by atoms with van der Waals surface area (Å²) in [6, 6.07) is 34.2. The van der Waals surface area contributed by atoms with Gasteiger partial charge >= 0.3 is 0 Å². The first-order valence-electron chi connectivity index (χ1n) is 9.13. The van der Waals surface area contributed by atoms with Crippen LogP contribution in [0, 0.1) is 0 Å². The molecule has 0 radical (unpaired) electrons. The number of Topliss-reactive ketones (excluding diaryl/α,β-unsaturated/α-hetero) is 2. The lowest BCUT2D eigenvalue weighted by molar-refractivity contribution is 0.0817. The lowest BCUT2D eigenvalue weighted by Crippen LogP contribution is -2.14. The Hall–Kier alpha value is -3.78. The maximum Gasteiger partial charge on any atom is 0.233 e. The Labute approximate surface area is 164 Å². The predicted molar refractivity (Wildman–Crippen MR) is 112 cm³/mol. The van der Waals surface area contributed by atoms with E-state index >= 15 is 0 Å². The molecule has 4 aromatic rings. The van der Waals surface area contributed by atoms with Crippen LogP contribution in [0.25, 0.3) is 22.3 Å². The fourth-order valence-electron chi connectivity index (χ4n) is 3.26. The molecule has 0 aliphatic rings. The van der Waals surface area contributed by atoms with Crippen LogP contribution in [0.15, 0.2) is 109 Å². The highest BCUT2D eigenvalue weighted by atomic mass is 16.2. The number of hydrogen-bond acceptors (Lipinski definition) is 2. The quantitative estimate of drug-likeness (QED) is 0.318. The molecule has 0 fully saturated rings. The second-order valence-electron chi connectivity index (χ2n) is 6.51. The molecule has 0 amide bonds. The van der Waals surface area contributed by atoms with Crippen molar-refractivity contribution in [2.45, 2.75) is 0 Å². The van der Waals surface area contributed by atoms with Crippen molar-refractivity contribution in [1.82, 2.24) is 0 Å². The van der Waals surface area contributed by atoms with Crippen molar-refractivity contribution in [2.24, 2.45) is 0 Å². The second-order valence-corrected chi connectivity index (χ2v) is 6.51. The van der Waals surface area contributed by atoms with Gasteiger partial charge in [-0.15, -0.1) is 0 Å². The number of carbonyl (C=O) groups is 2. The molecule has 0 heterocycles. The largest absolute Gasteiger partial charge is 0.285 e. The smallest absolute Gasteiger partial charge is 0.233 e. The van der Waals surface area contributed by atoms with Gasteiger partial charge in [-0.2, -0.15) is 0 Å². The Morgan fingerprint density at radius 2 is 0.786 bits per heavy atom. The van der Waals surface area contributed by atoms with E-state index in [9.17, 15) is 9.59 Å². The zero-order chi connectivity index (χ0) is 19.3. The number of rotatable bonds is 5. The van der Waals surface area contributed by atoms with Crippen LogP contribution in [-0.4, -0.2) is 11.6 Å². The zero-order valence-corrected chi connectivity index (χ0v) is 15.2. The van der Waals surface area contributed by atoms with Gasteiger partial charge in [0.15, 0.2) is 0 Å². The van der Waals surface area contributed by atoms with Crippen molar-refractivity contribution in [3.63, 3.8) is 0 Å². The van der Waals surface area contributed by atoms with Crippen molar-refractivity contribution < 1.29 is 9.59 Å². The average molecular weight is 362 g/mol. The van der Waals surface area contributed by atoms with Crippen molar-refractivity contribution in [3.8, 4) is 22.3 Å². The highest BCUT2D eigenvalue weighted by Gasteiger charge is 2.18. The van der Waals surface area contributed by atoms with E-state index in [1.807, 2.05) is 48.5 Å². The van der Waals surface area contributed by atoms with E-state index in [0.29, 0.717) is 11.1 Å². The molecule has 0 bridgehead atoms. The Morgan fingerprint density at radius 1 is 0.393 bits per heavy atom. The average Bonchev–Trinajstić information content (AvgIpc) is 2.79. The van der Waals surface area contributed by atoms with Crippen LogP contribution >= 0.6 is 0 Å². The highest BCUT2D eigenvalue weighted by molar-refractivity contribution is 6.49. The van der Waals surface area contributed by atoms with E-state index in [1.54, 1.807) is 36.4 Å². The topological polar surface area (TPSA) is 34.1 Å². The van der Waals surface area contributed by atoms with E-state index in [0.717, 1.165) is 22.3 Å². The van der Waals surface area contributed by atoms with Gasteiger partial charge in [0.2, 0.25) is 11.6 Å². The van der Waals surface area contributed by atoms with E-state index in [-0.39, 0.29) is 0 Å². The van der Waals surface area contributed by atoms with Gasteiger partial charge in [0.1, 0.15) is 0 Å². The van der Waals surface area contributed by atoms with Crippen molar-refractivity contribution in [3.05, 3.63) is 120 Å². The summed E-state index contributed by atoms with van der Waals surface area (Å²) in [6.07, 6.45) is 0. The van der Waals surface area contributed by atoms with Crippen molar-refractivity contribution >= 4 is 11.6 Å². The first-order valence-corrected chi connectivity index (χ1v) is 9.13. The molecule has 28 heavy (non-hydrogen) atoms. The monoisotopic (exact) mass is 362 g/mol. The SMILES string of the molecule is O=C(C(=O)c1ccc(-c2ccccc2-c2ccccc2)cc1)c1ccccc1. The summed E-state index contributed by atoms with van der Waals surface area (Å²) in [7, 11) is 0. The minimum atomic E-state index is -0.492. The van der Waals surface area contributed by atoms with Gasteiger partial charge in [0.25, 0.3) is 0 Å². The Morgan fingerprint density at radius 3 is 1.32 bits per heavy atom. The summed E-state index contributed by atoms with van der Waals surface area (Å²) in [6.45, 7) is 0. The molecule has 0 aliphatic heterocycles. The van der Waals surface area contributed by atoms with Crippen LogP contribution in [0.3, 0.4) is 0 Å². The first kappa shape index (κ1) is 17.6. The molecule has 134 valence electrons. The summed E-state index contributed by atoms with van der Waals surface area (Å²) in [5.41, 5.74) is 5.16. The number of ketones is 2. The normalized spacial score (nSPS) is 10.4. The predicted octanol–water partition coefficient (Wildman–Crippen LogP) is 6.09. The van der Waals surface area contributed by atoms with Crippen molar-refractivity contribution in [1.29, 1.82) is 0 Å². The van der Waals surface area contributed by atoms with E-state index in [1.165, 1.54) is 0 Å². The molecule has 4 aromatic carbocycles. The lowest BCUT2D eigenvalue weighted by Gasteiger charge is -2.10. The zero-order valence-electron chi connectivity index (χ0n) is 15.2. The maximum absolute atomic E-state index is 12.5. The standard InChI is InChI=1S/C26H18O2/c27-25(21-11-5-2-6-12-21)26(28)22-17-15-20(16-18-22)24-14-8-7-13-23(24)19-9-3-1-4-10-19/h1-18H. The molecule has 2 nitrogen and oxygen atoms in total. The van der Waals surface area contributed by atoms with Crippen molar-refractivity contribution in [2.75, 3.05) is 0 Å². The minimum absolute atomic E-state index is 0.398. The number of carbonyl (C=O) groups excluding carboxylic acids is 2. The van der Waals surface area contributed by atoms with Gasteiger partial charge in [-0.25, -0.2) is 0 Å². The van der Waals surface area contributed by atoms with Gasteiger partial charge in [-0.1, -0.05) is 109 Å². The van der Waals surface area contributed by atoms with E-state index in [4.69, 9.17) is 0 Å². The first-order chi connectivity index (χ1) is 13.7. The maximum atomic E-state index is 12.5. The summed E-state index contributed by atoms with van der Waals surface area (Å²) in [5, 5.41) is 0.